The fourth-order valence-corrected chi connectivity index (χ4v) is 0.572. The molecule has 0 fully saturated rings. The van der Waals surface area contributed by atoms with Crippen molar-refractivity contribution >= 4 is 0 Å². The summed E-state index contributed by atoms with van der Waals surface area (Å²) in [7, 11) is 0. The number of tetrazole rings is 1. The number of nitrogens with two attached hydrogens (primary N) is 1. The smallest absolute Gasteiger partial charge is 0.191 e. The van der Waals surface area contributed by atoms with E-state index in [4.69, 9.17) is 5.73 Å². The van der Waals surface area contributed by atoms with Crippen molar-refractivity contribution in [2.45, 2.75) is 26.4 Å². The first-order valence-corrected chi connectivity index (χ1v) is 3.27. The quantitative estimate of drug-likeness (QED) is 0.614. The first-order valence-electron chi connectivity index (χ1n) is 3.27. The fourth-order valence-electron chi connectivity index (χ4n) is 0.572. The molecule has 1 aromatic heterocycles. The Bertz CT molecular complexity index is 204. The molecule has 0 saturated heterocycles. The third-order valence-electron chi connectivity index (χ3n) is 1.16. The van der Waals surface area contributed by atoms with Crippen LogP contribution in [-0.2, 0) is 6.54 Å². The maximum atomic E-state index is 5.50. The van der Waals surface area contributed by atoms with E-state index in [1.54, 1.807) is 0 Å². The predicted octanol–water partition coefficient (Wildman–Crippen LogP) is -0.287. The lowest BCUT2D eigenvalue weighted by molar-refractivity contribution is 0.548. The number of hydrogen-bond acceptors (Lipinski definition) is 4. The number of rotatable bonds is 2. The van der Waals surface area contributed by atoms with E-state index >= 15 is 0 Å². The third kappa shape index (κ3) is 1.30. The standard InChI is InChI=1S/C5H11N5/c1-3-10-8-5(4(2)6)7-9-10/h4H,3,6H2,1-2H3. The van der Waals surface area contributed by atoms with Gasteiger partial charge < -0.3 is 5.73 Å². The summed E-state index contributed by atoms with van der Waals surface area (Å²) in [5.41, 5.74) is 5.50. The zero-order valence-electron chi connectivity index (χ0n) is 6.15. The van der Waals surface area contributed by atoms with Crippen LogP contribution in [0.2, 0.25) is 0 Å². The second-order valence-corrected chi connectivity index (χ2v) is 2.12. The molecule has 0 spiro atoms. The molecule has 1 aromatic rings. The SMILES string of the molecule is CCn1nnc(C(C)N)n1. The highest BCUT2D eigenvalue weighted by Crippen LogP contribution is 1.97. The molecule has 0 saturated carbocycles. The molecule has 1 rings (SSSR count). The summed E-state index contributed by atoms with van der Waals surface area (Å²) in [6, 6.07) is -0.125. The Hall–Kier alpha value is -0.970. The zero-order chi connectivity index (χ0) is 7.56. The van der Waals surface area contributed by atoms with Crippen molar-refractivity contribution in [3.8, 4) is 0 Å². The molecule has 0 aliphatic rings. The van der Waals surface area contributed by atoms with Gasteiger partial charge in [0, 0.05) is 0 Å². The van der Waals surface area contributed by atoms with E-state index in [0.29, 0.717) is 5.82 Å². The number of hydrogen-bond donors (Lipinski definition) is 1. The van der Waals surface area contributed by atoms with E-state index < -0.39 is 0 Å². The highest BCUT2D eigenvalue weighted by atomic mass is 15.6. The molecular formula is C5H11N5. The highest BCUT2D eigenvalue weighted by Gasteiger charge is 2.04. The van der Waals surface area contributed by atoms with Gasteiger partial charge in [0.15, 0.2) is 5.82 Å². The van der Waals surface area contributed by atoms with Gasteiger partial charge >= 0.3 is 0 Å². The maximum absolute atomic E-state index is 5.50. The van der Waals surface area contributed by atoms with Crippen LogP contribution in [-0.4, -0.2) is 20.2 Å². The van der Waals surface area contributed by atoms with Crippen LogP contribution in [0.1, 0.15) is 25.7 Å². The summed E-state index contributed by atoms with van der Waals surface area (Å²) in [6.07, 6.45) is 0. The molecular weight excluding hydrogens is 130 g/mol. The molecule has 1 unspecified atom stereocenters. The van der Waals surface area contributed by atoms with Crippen molar-refractivity contribution in [3.63, 3.8) is 0 Å². The van der Waals surface area contributed by atoms with Crippen LogP contribution in [0.15, 0.2) is 0 Å². The summed E-state index contributed by atoms with van der Waals surface area (Å²) < 4.78 is 0. The Balaban J connectivity index is 2.78. The van der Waals surface area contributed by atoms with Gasteiger partial charge in [0.05, 0.1) is 12.6 Å². The molecule has 5 nitrogen and oxygen atoms in total. The topological polar surface area (TPSA) is 69.6 Å². The van der Waals surface area contributed by atoms with E-state index in [0.717, 1.165) is 6.54 Å². The van der Waals surface area contributed by atoms with Gasteiger partial charge in [-0.1, -0.05) is 0 Å². The second kappa shape index (κ2) is 2.74. The van der Waals surface area contributed by atoms with E-state index in [-0.39, 0.29) is 6.04 Å². The Morgan fingerprint density at radius 1 is 1.70 bits per heavy atom. The minimum Gasteiger partial charge on any atom is -0.321 e. The Kier molecular flexibility index (Phi) is 1.96. The lowest BCUT2D eigenvalue weighted by Gasteiger charge is -1.93. The van der Waals surface area contributed by atoms with Crippen molar-refractivity contribution in [1.82, 2.24) is 20.2 Å². The molecule has 0 radical (unpaired) electrons. The average Bonchev–Trinajstić information content (AvgIpc) is 2.34. The maximum Gasteiger partial charge on any atom is 0.191 e. The summed E-state index contributed by atoms with van der Waals surface area (Å²) in [5.74, 6) is 0.599. The van der Waals surface area contributed by atoms with Gasteiger partial charge in [0.25, 0.3) is 0 Å². The van der Waals surface area contributed by atoms with Gasteiger partial charge in [-0.15, -0.1) is 10.2 Å². The van der Waals surface area contributed by atoms with Crippen LogP contribution >= 0.6 is 0 Å². The third-order valence-corrected chi connectivity index (χ3v) is 1.16. The first-order chi connectivity index (χ1) is 4.74. The predicted molar refractivity (Wildman–Crippen MR) is 36.1 cm³/mol. The largest absolute Gasteiger partial charge is 0.321 e. The first kappa shape index (κ1) is 7.14. The molecule has 0 bridgehead atoms. The molecule has 0 aliphatic carbocycles. The Morgan fingerprint density at radius 2 is 2.40 bits per heavy atom. The lowest BCUT2D eigenvalue weighted by Crippen LogP contribution is -2.08. The fraction of sp³-hybridized carbons (Fsp3) is 0.800. The molecule has 1 atom stereocenters. The Labute approximate surface area is 59.2 Å². The van der Waals surface area contributed by atoms with E-state index in [2.05, 4.69) is 15.4 Å². The molecule has 2 N–H and O–H groups in total. The summed E-state index contributed by atoms with van der Waals surface area (Å²) in [5, 5.41) is 11.5. The normalized spacial score (nSPS) is 13.5. The zero-order valence-corrected chi connectivity index (χ0v) is 6.15. The molecule has 1 heterocycles. The van der Waals surface area contributed by atoms with Gasteiger partial charge in [0.1, 0.15) is 0 Å². The summed E-state index contributed by atoms with van der Waals surface area (Å²) >= 11 is 0. The molecule has 0 amide bonds. The van der Waals surface area contributed by atoms with Gasteiger partial charge in [-0.05, 0) is 19.1 Å². The van der Waals surface area contributed by atoms with Crippen LogP contribution in [0.5, 0.6) is 0 Å². The lowest BCUT2D eigenvalue weighted by atomic mass is 10.4. The van der Waals surface area contributed by atoms with Crippen LogP contribution in [0.4, 0.5) is 0 Å². The van der Waals surface area contributed by atoms with Crippen molar-refractivity contribution < 1.29 is 0 Å². The number of aryl methyl sites for hydroxylation is 1. The van der Waals surface area contributed by atoms with E-state index in [1.165, 1.54) is 4.80 Å². The van der Waals surface area contributed by atoms with Gasteiger partial charge in [-0.25, -0.2) is 0 Å². The van der Waals surface area contributed by atoms with Crippen LogP contribution in [0.25, 0.3) is 0 Å². The molecule has 56 valence electrons. The highest BCUT2D eigenvalue weighted by molar-refractivity contribution is 4.83. The number of aromatic nitrogens is 4. The van der Waals surface area contributed by atoms with Gasteiger partial charge in [0.2, 0.25) is 0 Å². The molecule has 0 aliphatic heterocycles. The van der Waals surface area contributed by atoms with Crippen LogP contribution in [0.3, 0.4) is 0 Å². The van der Waals surface area contributed by atoms with Gasteiger partial charge in [-0.2, -0.15) is 4.80 Å². The van der Waals surface area contributed by atoms with Crippen molar-refractivity contribution in [2.75, 3.05) is 0 Å². The molecule has 0 aromatic carbocycles. The van der Waals surface area contributed by atoms with Crippen molar-refractivity contribution in [1.29, 1.82) is 0 Å². The minimum atomic E-state index is -0.125. The Morgan fingerprint density at radius 3 is 2.70 bits per heavy atom. The average molecular weight is 141 g/mol. The minimum absolute atomic E-state index is 0.125. The van der Waals surface area contributed by atoms with Crippen LogP contribution in [0, 0.1) is 0 Å². The number of nitrogens with zero attached hydrogens (tertiary/aromatic N) is 4. The second-order valence-electron chi connectivity index (χ2n) is 2.12. The van der Waals surface area contributed by atoms with Crippen molar-refractivity contribution in [3.05, 3.63) is 5.82 Å². The van der Waals surface area contributed by atoms with E-state index in [9.17, 15) is 0 Å². The summed E-state index contributed by atoms with van der Waals surface area (Å²) in [4.78, 5) is 1.51. The monoisotopic (exact) mass is 141 g/mol. The van der Waals surface area contributed by atoms with E-state index in [1.807, 2.05) is 13.8 Å². The molecule has 10 heavy (non-hydrogen) atoms. The molecule has 5 heteroatoms. The van der Waals surface area contributed by atoms with Crippen molar-refractivity contribution in [2.24, 2.45) is 5.73 Å². The van der Waals surface area contributed by atoms with Gasteiger partial charge in [-0.3, -0.25) is 0 Å². The van der Waals surface area contributed by atoms with Crippen LogP contribution < -0.4 is 5.73 Å². The summed E-state index contributed by atoms with van der Waals surface area (Å²) in [6.45, 7) is 4.52.